The Morgan fingerprint density at radius 1 is 0.947 bits per heavy atom. The summed E-state index contributed by atoms with van der Waals surface area (Å²) in [6, 6.07) is 1.46. The number of rotatable bonds is 4. The zero-order valence-electron chi connectivity index (χ0n) is 12.4. The number of ketones is 1. The molecule has 0 radical (unpaired) electrons. The highest BCUT2D eigenvalue weighted by Crippen LogP contribution is 2.36. The van der Waals surface area contributed by atoms with E-state index in [9.17, 15) is 4.79 Å². The number of nitrogens with one attached hydrogen (secondary N) is 1. The minimum atomic E-state index is 0.412. The Hall–Kier alpha value is -0.370. The third kappa shape index (κ3) is 3.21. The largest absolute Gasteiger partial charge is 0.311 e. The molecule has 0 aromatic heterocycles. The third-order valence-electron chi connectivity index (χ3n) is 5.94. The van der Waals surface area contributed by atoms with Gasteiger partial charge in [-0.15, -0.1) is 0 Å². The smallest absolute Gasteiger partial charge is 0.136 e. The molecule has 3 rings (SSSR count). The second-order valence-electron chi connectivity index (χ2n) is 7.27. The van der Waals surface area contributed by atoms with Crippen molar-refractivity contribution in [3.63, 3.8) is 0 Å². The predicted molar refractivity (Wildman–Crippen MR) is 78.0 cm³/mol. The molecule has 2 heterocycles. The molecule has 108 valence electrons. The molecule has 2 bridgehead atoms. The van der Waals surface area contributed by atoms with Crippen LogP contribution in [0.5, 0.6) is 0 Å². The maximum absolute atomic E-state index is 12.5. The van der Waals surface area contributed by atoms with E-state index < -0.39 is 0 Å². The number of carbonyl (C=O) groups is 1. The summed E-state index contributed by atoms with van der Waals surface area (Å²) in [5, 5.41) is 3.68. The second-order valence-corrected chi connectivity index (χ2v) is 7.27. The van der Waals surface area contributed by atoms with Crippen molar-refractivity contribution in [3.8, 4) is 0 Å². The molecule has 2 nitrogen and oxygen atoms in total. The Balaban J connectivity index is 1.46. The van der Waals surface area contributed by atoms with E-state index >= 15 is 0 Å². The number of piperidine rings is 1. The summed E-state index contributed by atoms with van der Waals surface area (Å²) in [6.45, 7) is 2.29. The Morgan fingerprint density at radius 3 is 2.16 bits per heavy atom. The van der Waals surface area contributed by atoms with Crippen LogP contribution in [0.1, 0.15) is 71.1 Å². The van der Waals surface area contributed by atoms with Gasteiger partial charge in [0, 0.05) is 24.4 Å². The monoisotopic (exact) mass is 263 g/mol. The molecule has 0 aromatic carbocycles. The van der Waals surface area contributed by atoms with Crippen LogP contribution >= 0.6 is 0 Å². The van der Waals surface area contributed by atoms with Gasteiger partial charge in [-0.1, -0.05) is 13.3 Å². The van der Waals surface area contributed by atoms with E-state index in [1.54, 1.807) is 0 Å². The molecular formula is C17H29NO. The van der Waals surface area contributed by atoms with Crippen molar-refractivity contribution in [3.05, 3.63) is 0 Å². The average Bonchev–Trinajstić information content (AvgIpc) is 2.78. The fourth-order valence-corrected chi connectivity index (χ4v) is 4.69. The number of hydrogen-bond acceptors (Lipinski definition) is 2. The van der Waals surface area contributed by atoms with Crippen LogP contribution in [0, 0.1) is 17.8 Å². The molecule has 3 fully saturated rings. The van der Waals surface area contributed by atoms with Gasteiger partial charge in [0.1, 0.15) is 5.78 Å². The van der Waals surface area contributed by atoms with E-state index in [4.69, 9.17) is 0 Å². The van der Waals surface area contributed by atoms with Crippen LogP contribution in [0.2, 0.25) is 0 Å². The molecule has 2 atom stereocenters. The number of hydrogen-bond donors (Lipinski definition) is 1. The molecular weight excluding hydrogens is 234 g/mol. The molecule has 2 aliphatic heterocycles. The summed E-state index contributed by atoms with van der Waals surface area (Å²) in [6.07, 6.45) is 12.3. The highest BCUT2D eigenvalue weighted by Gasteiger charge is 2.35. The minimum Gasteiger partial charge on any atom is -0.311 e. The van der Waals surface area contributed by atoms with Gasteiger partial charge in [0.2, 0.25) is 0 Å². The third-order valence-corrected chi connectivity index (χ3v) is 5.94. The van der Waals surface area contributed by atoms with E-state index in [0.717, 1.165) is 24.4 Å². The van der Waals surface area contributed by atoms with Crippen LogP contribution in [0.25, 0.3) is 0 Å². The minimum absolute atomic E-state index is 0.412. The zero-order chi connectivity index (χ0) is 13.2. The Bertz CT molecular complexity index is 307. The molecule has 1 aliphatic carbocycles. The van der Waals surface area contributed by atoms with Crippen LogP contribution < -0.4 is 5.32 Å². The van der Waals surface area contributed by atoms with E-state index in [0.29, 0.717) is 17.6 Å². The van der Waals surface area contributed by atoms with Crippen molar-refractivity contribution in [2.75, 3.05) is 0 Å². The van der Waals surface area contributed by atoms with E-state index in [1.165, 1.54) is 57.8 Å². The molecule has 2 saturated heterocycles. The molecule has 3 aliphatic rings. The van der Waals surface area contributed by atoms with Crippen molar-refractivity contribution in [1.29, 1.82) is 0 Å². The summed E-state index contributed by atoms with van der Waals surface area (Å²) in [4.78, 5) is 12.5. The van der Waals surface area contributed by atoms with Gasteiger partial charge < -0.3 is 5.32 Å². The lowest BCUT2D eigenvalue weighted by Crippen LogP contribution is -2.39. The maximum atomic E-state index is 12.5. The number of carbonyl (C=O) groups excluding carboxylic acids is 1. The number of fused-ring (bicyclic) bond motifs is 2. The van der Waals surface area contributed by atoms with E-state index in [1.807, 2.05) is 0 Å². The quantitative estimate of drug-likeness (QED) is 0.838. The van der Waals surface area contributed by atoms with E-state index in [-0.39, 0.29) is 0 Å². The van der Waals surface area contributed by atoms with Gasteiger partial charge in [-0.3, -0.25) is 4.79 Å². The first kappa shape index (κ1) is 13.6. The van der Waals surface area contributed by atoms with Gasteiger partial charge >= 0.3 is 0 Å². The van der Waals surface area contributed by atoms with Crippen molar-refractivity contribution in [2.24, 2.45) is 17.8 Å². The fourth-order valence-electron chi connectivity index (χ4n) is 4.69. The topological polar surface area (TPSA) is 29.1 Å². The van der Waals surface area contributed by atoms with Crippen LogP contribution in [-0.4, -0.2) is 17.9 Å². The first-order valence-corrected chi connectivity index (χ1v) is 8.53. The van der Waals surface area contributed by atoms with Crippen LogP contribution in [0.4, 0.5) is 0 Å². The lowest BCUT2D eigenvalue weighted by atomic mass is 9.76. The Labute approximate surface area is 117 Å². The standard InChI is InChI=1S/C17H29NO/c1-2-12-3-5-14(6-4-12)17(19)11-13-9-15-7-8-16(10-13)18-15/h12-16,18H,2-11H2,1H3. The molecule has 2 unspecified atom stereocenters. The summed E-state index contributed by atoms with van der Waals surface area (Å²) >= 11 is 0. The molecule has 0 aromatic rings. The van der Waals surface area contributed by atoms with Crippen LogP contribution in [0.3, 0.4) is 0 Å². The Morgan fingerprint density at radius 2 is 1.58 bits per heavy atom. The summed E-state index contributed by atoms with van der Waals surface area (Å²) in [5.41, 5.74) is 0. The molecule has 1 N–H and O–H groups in total. The van der Waals surface area contributed by atoms with Crippen LogP contribution in [0.15, 0.2) is 0 Å². The van der Waals surface area contributed by atoms with Gasteiger partial charge in [0.25, 0.3) is 0 Å². The molecule has 0 amide bonds. The average molecular weight is 263 g/mol. The van der Waals surface area contributed by atoms with Gasteiger partial charge in [0.15, 0.2) is 0 Å². The van der Waals surface area contributed by atoms with Crippen molar-refractivity contribution >= 4 is 5.78 Å². The van der Waals surface area contributed by atoms with Crippen molar-refractivity contribution < 1.29 is 4.79 Å². The number of Topliss-reactive ketones (excluding diaryl/α,β-unsaturated/α-hetero) is 1. The zero-order valence-corrected chi connectivity index (χ0v) is 12.4. The van der Waals surface area contributed by atoms with Crippen molar-refractivity contribution in [2.45, 2.75) is 83.2 Å². The predicted octanol–water partition coefficient (Wildman–Crippen LogP) is 3.69. The van der Waals surface area contributed by atoms with Crippen LogP contribution in [-0.2, 0) is 4.79 Å². The first-order chi connectivity index (χ1) is 9.24. The van der Waals surface area contributed by atoms with E-state index in [2.05, 4.69) is 12.2 Å². The molecule has 2 heteroatoms. The highest BCUT2D eigenvalue weighted by atomic mass is 16.1. The fraction of sp³-hybridized carbons (Fsp3) is 0.941. The van der Waals surface area contributed by atoms with Gasteiger partial charge in [-0.05, 0) is 63.2 Å². The normalized spacial score (nSPS) is 42.3. The first-order valence-electron chi connectivity index (χ1n) is 8.53. The molecule has 0 spiro atoms. The second kappa shape index (κ2) is 5.95. The Kier molecular flexibility index (Phi) is 4.26. The van der Waals surface area contributed by atoms with Gasteiger partial charge in [-0.2, -0.15) is 0 Å². The summed E-state index contributed by atoms with van der Waals surface area (Å²) in [7, 11) is 0. The molecule has 1 saturated carbocycles. The summed E-state index contributed by atoms with van der Waals surface area (Å²) in [5.74, 6) is 2.60. The highest BCUT2D eigenvalue weighted by molar-refractivity contribution is 5.81. The lowest BCUT2D eigenvalue weighted by Gasteiger charge is -2.31. The van der Waals surface area contributed by atoms with Gasteiger partial charge in [0.05, 0.1) is 0 Å². The van der Waals surface area contributed by atoms with Gasteiger partial charge in [-0.25, -0.2) is 0 Å². The summed E-state index contributed by atoms with van der Waals surface area (Å²) < 4.78 is 0. The SMILES string of the molecule is CCC1CCC(C(=O)CC2CC3CCC(C2)N3)CC1. The maximum Gasteiger partial charge on any atom is 0.136 e. The molecule has 19 heavy (non-hydrogen) atoms. The lowest BCUT2D eigenvalue weighted by molar-refractivity contribution is -0.125. The van der Waals surface area contributed by atoms with Crippen molar-refractivity contribution in [1.82, 2.24) is 5.32 Å².